The normalized spacial score (nSPS) is 25.5. The summed E-state index contributed by atoms with van der Waals surface area (Å²) in [6.45, 7) is 4.90. The van der Waals surface area contributed by atoms with E-state index < -0.39 is 0 Å². The number of nitrogens with one attached hydrogen (secondary N) is 1. The third-order valence-electron chi connectivity index (χ3n) is 4.01. The molecule has 1 aromatic carbocycles. The molecule has 5 heteroatoms. The highest BCUT2D eigenvalue weighted by atomic mass is 16.5. The van der Waals surface area contributed by atoms with E-state index in [2.05, 4.69) is 12.2 Å². The number of amides is 1. The van der Waals surface area contributed by atoms with Crippen molar-refractivity contribution in [2.24, 2.45) is 0 Å². The Balaban J connectivity index is 2.27. The summed E-state index contributed by atoms with van der Waals surface area (Å²) in [5.41, 5.74) is 7.92. The molecule has 0 radical (unpaired) electrons. The monoisotopic (exact) mass is 277 g/mol. The lowest BCUT2D eigenvalue weighted by Gasteiger charge is -2.31. The van der Waals surface area contributed by atoms with Gasteiger partial charge in [0.1, 0.15) is 0 Å². The van der Waals surface area contributed by atoms with Gasteiger partial charge in [-0.3, -0.25) is 4.79 Å². The summed E-state index contributed by atoms with van der Waals surface area (Å²) in [6.07, 6.45) is 1.02. The molecule has 110 valence electrons. The molecular formula is C15H23N3O2. The second kappa shape index (κ2) is 5.32. The zero-order valence-electron chi connectivity index (χ0n) is 12.6. The van der Waals surface area contributed by atoms with E-state index >= 15 is 0 Å². The maximum absolute atomic E-state index is 12.0. The van der Waals surface area contributed by atoms with Crippen molar-refractivity contribution < 1.29 is 9.53 Å². The Morgan fingerprint density at radius 1 is 1.50 bits per heavy atom. The van der Waals surface area contributed by atoms with Crippen molar-refractivity contribution >= 4 is 17.3 Å². The Labute approximate surface area is 120 Å². The largest absolute Gasteiger partial charge is 0.397 e. The number of benzene rings is 1. The van der Waals surface area contributed by atoms with Gasteiger partial charge in [-0.25, -0.2) is 0 Å². The lowest BCUT2D eigenvalue weighted by atomic mass is 9.94. The molecule has 1 aliphatic heterocycles. The van der Waals surface area contributed by atoms with E-state index in [4.69, 9.17) is 10.5 Å². The molecule has 0 saturated carbocycles. The molecule has 2 rings (SSSR count). The van der Waals surface area contributed by atoms with Gasteiger partial charge in [-0.15, -0.1) is 0 Å². The number of hydrogen-bond acceptors (Lipinski definition) is 4. The van der Waals surface area contributed by atoms with Crippen molar-refractivity contribution in [1.82, 2.24) is 4.90 Å². The second-order valence-corrected chi connectivity index (χ2v) is 5.81. The van der Waals surface area contributed by atoms with E-state index in [1.165, 1.54) is 0 Å². The van der Waals surface area contributed by atoms with Crippen molar-refractivity contribution in [3.63, 3.8) is 0 Å². The van der Waals surface area contributed by atoms with E-state index in [0.717, 1.165) is 18.7 Å². The quantitative estimate of drug-likeness (QED) is 0.829. The molecule has 5 nitrogen and oxygen atoms in total. The molecule has 1 aromatic rings. The summed E-state index contributed by atoms with van der Waals surface area (Å²) >= 11 is 0. The maximum atomic E-state index is 12.0. The first-order valence-corrected chi connectivity index (χ1v) is 6.84. The summed E-state index contributed by atoms with van der Waals surface area (Å²) in [7, 11) is 3.47. The van der Waals surface area contributed by atoms with Crippen LogP contribution in [0.15, 0.2) is 18.2 Å². The Hall–Kier alpha value is -1.75. The van der Waals surface area contributed by atoms with Crippen LogP contribution in [0.3, 0.4) is 0 Å². The summed E-state index contributed by atoms with van der Waals surface area (Å²) in [5, 5.41) is 3.45. The van der Waals surface area contributed by atoms with Crippen LogP contribution in [-0.4, -0.2) is 43.2 Å². The average Bonchev–Trinajstić information content (AvgIpc) is 2.71. The smallest absolute Gasteiger partial charge is 0.253 e. The van der Waals surface area contributed by atoms with Crippen LogP contribution >= 0.6 is 0 Å². The molecule has 1 fully saturated rings. The first-order chi connectivity index (χ1) is 9.33. The third kappa shape index (κ3) is 2.72. The first kappa shape index (κ1) is 14.7. The van der Waals surface area contributed by atoms with Crippen molar-refractivity contribution in [2.45, 2.75) is 31.9 Å². The number of carbonyl (C=O) groups excluding carboxylic acids is 1. The molecular weight excluding hydrogens is 254 g/mol. The molecule has 0 bridgehead atoms. The van der Waals surface area contributed by atoms with Crippen molar-refractivity contribution in [3.8, 4) is 0 Å². The Morgan fingerprint density at radius 2 is 2.20 bits per heavy atom. The van der Waals surface area contributed by atoms with Crippen LogP contribution in [0.25, 0.3) is 0 Å². The minimum atomic E-state index is -0.159. The number of anilines is 2. The first-order valence-electron chi connectivity index (χ1n) is 6.84. The number of hydrogen-bond donors (Lipinski definition) is 2. The fraction of sp³-hybridized carbons (Fsp3) is 0.533. The summed E-state index contributed by atoms with van der Waals surface area (Å²) < 4.78 is 5.62. The van der Waals surface area contributed by atoms with Gasteiger partial charge in [0.05, 0.1) is 23.0 Å². The van der Waals surface area contributed by atoms with Crippen LogP contribution in [0.2, 0.25) is 0 Å². The van der Waals surface area contributed by atoms with Gasteiger partial charge < -0.3 is 20.7 Å². The Morgan fingerprint density at radius 3 is 2.75 bits per heavy atom. The molecule has 0 spiro atoms. The maximum Gasteiger partial charge on any atom is 0.253 e. The highest BCUT2D eigenvalue weighted by molar-refractivity contribution is 5.96. The van der Waals surface area contributed by atoms with Gasteiger partial charge in [0.15, 0.2) is 0 Å². The molecule has 1 saturated heterocycles. The summed E-state index contributed by atoms with van der Waals surface area (Å²) in [5.74, 6) is -0.0334. The lowest BCUT2D eigenvalue weighted by molar-refractivity contribution is 0.0827. The fourth-order valence-corrected chi connectivity index (χ4v) is 2.36. The van der Waals surface area contributed by atoms with Crippen LogP contribution in [0, 0.1) is 0 Å². The lowest BCUT2D eigenvalue weighted by Crippen LogP contribution is -2.41. The van der Waals surface area contributed by atoms with E-state index in [1.807, 2.05) is 13.0 Å². The number of rotatable bonds is 3. The van der Waals surface area contributed by atoms with Crippen LogP contribution in [0.5, 0.6) is 0 Å². The molecule has 20 heavy (non-hydrogen) atoms. The van der Waals surface area contributed by atoms with E-state index in [-0.39, 0.29) is 17.6 Å². The van der Waals surface area contributed by atoms with Crippen molar-refractivity contribution in [1.29, 1.82) is 0 Å². The van der Waals surface area contributed by atoms with Gasteiger partial charge in [-0.1, -0.05) is 0 Å². The van der Waals surface area contributed by atoms with Gasteiger partial charge in [-0.05, 0) is 38.5 Å². The zero-order chi connectivity index (χ0) is 14.9. The topological polar surface area (TPSA) is 67.6 Å². The Bertz CT molecular complexity index is 516. The number of nitrogen functional groups attached to an aromatic ring is 1. The molecule has 0 aliphatic carbocycles. The van der Waals surface area contributed by atoms with Gasteiger partial charge in [0.25, 0.3) is 5.91 Å². The molecule has 2 atom stereocenters. The molecule has 3 N–H and O–H groups in total. The van der Waals surface area contributed by atoms with Gasteiger partial charge in [0.2, 0.25) is 0 Å². The van der Waals surface area contributed by atoms with E-state index in [1.54, 1.807) is 31.1 Å². The SMILES string of the molecule is CC1OCCC1(C)Nc1cc(C(=O)N(C)C)ccc1N. The molecule has 2 unspecified atom stereocenters. The summed E-state index contributed by atoms with van der Waals surface area (Å²) in [6, 6.07) is 5.33. The minimum Gasteiger partial charge on any atom is -0.397 e. The van der Waals surface area contributed by atoms with E-state index in [9.17, 15) is 4.79 Å². The molecule has 1 heterocycles. The van der Waals surface area contributed by atoms with Crippen LogP contribution in [-0.2, 0) is 4.74 Å². The molecule has 1 aliphatic rings. The predicted molar refractivity (Wildman–Crippen MR) is 80.9 cm³/mol. The third-order valence-corrected chi connectivity index (χ3v) is 4.01. The standard InChI is InChI=1S/C15H23N3O2/c1-10-15(2,7-8-20-10)17-13-9-11(5-6-12(13)16)14(19)18(3)4/h5-6,9-10,17H,7-8,16H2,1-4H3. The average molecular weight is 277 g/mol. The van der Waals surface area contributed by atoms with Crippen molar-refractivity contribution in [3.05, 3.63) is 23.8 Å². The van der Waals surface area contributed by atoms with Gasteiger partial charge in [0, 0.05) is 26.3 Å². The van der Waals surface area contributed by atoms with Gasteiger partial charge in [-0.2, -0.15) is 0 Å². The molecule has 0 aromatic heterocycles. The predicted octanol–water partition coefficient (Wildman–Crippen LogP) is 1.95. The van der Waals surface area contributed by atoms with Gasteiger partial charge >= 0.3 is 0 Å². The highest BCUT2D eigenvalue weighted by Crippen LogP contribution is 2.32. The number of nitrogens with zero attached hydrogens (tertiary/aromatic N) is 1. The van der Waals surface area contributed by atoms with Crippen LogP contribution < -0.4 is 11.1 Å². The van der Waals surface area contributed by atoms with Crippen molar-refractivity contribution in [2.75, 3.05) is 31.8 Å². The van der Waals surface area contributed by atoms with E-state index in [0.29, 0.717) is 11.3 Å². The molecule has 1 amide bonds. The van der Waals surface area contributed by atoms with Crippen LogP contribution in [0.4, 0.5) is 11.4 Å². The second-order valence-electron chi connectivity index (χ2n) is 5.81. The minimum absolute atomic E-state index is 0.0334. The van der Waals surface area contributed by atoms with Crippen LogP contribution in [0.1, 0.15) is 30.6 Å². The number of nitrogens with two attached hydrogens (primary N) is 1. The Kier molecular flexibility index (Phi) is 3.90. The number of ether oxygens (including phenoxy) is 1. The zero-order valence-corrected chi connectivity index (χ0v) is 12.6. The highest BCUT2D eigenvalue weighted by Gasteiger charge is 2.37. The fourth-order valence-electron chi connectivity index (χ4n) is 2.36. The number of carbonyl (C=O) groups is 1. The summed E-state index contributed by atoms with van der Waals surface area (Å²) in [4.78, 5) is 13.6.